The smallest absolute Gasteiger partial charge is 0.246 e. The van der Waals surface area contributed by atoms with E-state index in [9.17, 15) is 8.42 Å². The van der Waals surface area contributed by atoms with Gasteiger partial charge in [-0.1, -0.05) is 13.3 Å². The summed E-state index contributed by atoms with van der Waals surface area (Å²) in [5, 5.41) is 3.94. The van der Waals surface area contributed by atoms with Gasteiger partial charge in [-0.25, -0.2) is 8.42 Å². The summed E-state index contributed by atoms with van der Waals surface area (Å²) in [6.45, 7) is 2.68. The van der Waals surface area contributed by atoms with Crippen molar-refractivity contribution in [3.8, 4) is 0 Å². The quantitative estimate of drug-likeness (QED) is 0.822. The summed E-state index contributed by atoms with van der Waals surface area (Å²) in [5.41, 5.74) is 0. The number of aryl methyl sites for hydroxylation is 1. The highest BCUT2D eigenvalue weighted by Gasteiger charge is 2.33. The lowest BCUT2D eigenvalue weighted by atomic mass is 10.0. The standard InChI is InChI=1S/C11H19N3O2S/c1-3-10-6-4-5-7-14(10)17(15,16)11-8-12-13(2)9-11/h8-10H,3-7H2,1-2H3/t10-/m0/s1. The Balaban J connectivity index is 2.30. The molecule has 1 fully saturated rings. The van der Waals surface area contributed by atoms with E-state index >= 15 is 0 Å². The van der Waals surface area contributed by atoms with E-state index < -0.39 is 10.0 Å². The van der Waals surface area contributed by atoms with Gasteiger partial charge in [-0.3, -0.25) is 4.68 Å². The number of sulfonamides is 1. The zero-order chi connectivity index (χ0) is 12.5. The Bertz CT molecular complexity index is 481. The number of hydrogen-bond acceptors (Lipinski definition) is 3. The molecule has 0 amide bonds. The molecule has 0 aromatic carbocycles. The van der Waals surface area contributed by atoms with Crippen LogP contribution < -0.4 is 0 Å². The first-order valence-electron chi connectivity index (χ1n) is 6.06. The van der Waals surface area contributed by atoms with E-state index in [1.807, 2.05) is 6.92 Å². The molecular formula is C11H19N3O2S. The highest BCUT2D eigenvalue weighted by atomic mass is 32.2. The SMILES string of the molecule is CC[C@H]1CCCCN1S(=O)(=O)c1cnn(C)c1. The number of rotatable bonds is 3. The van der Waals surface area contributed by atoms with Gasteiger partial charge in [0.15, 0.2) is 0 Å². The number of piperidine rings is 1. The lowest BCUT2D eigenvalue weighted by Gasteiger charge is -2.33. The van der Waals surface area contributed by atoms with Crippen molar-refractivity contribution in [2.75, 3.05) is 6.54 Å². The second-order valence-corrected chi connectivity index (χ2v) is 6.41. The maximum atomic E-state index is 12.4. The number of nitrogens with zero attached hydrogens (tertiary/aromatic N) is 3. The van der Waals surface area contributed by atoms with Crippen molar-refractivity contribution in [3.05, 3.63) is 12.4 Å². The van der Waals surface area contributed by atoms with E-state index in [1.54, 1.807) is 17.5 Å². The minimum atomic E-state index is -3.35. The van der Waals surface area contributed by atoms with Crippen LogP contribution in [0.1, 0.15) is 32.6 Å². The molecule has 96 valence electrons. The highest BCUT2D eigenvalue weighted by Crippen LogP contribution is 2.26. The summed E-state index contributed by atoms with van der Waals surface area (Å²) in [5.74, 6) is 0. The molecule has 6 heteroatoms. The van der Waals surface area contributed by atoms with Crippen LogP contribution in [0.4, 0.5) is 0 Å². The van der Waals surface area contributed by atoms with E-state index in [0.717, 1.165) is 25.7 Å². The molecule has 0 aliphatic carbocycles. The predicted octanol–water partition coefficient (Wildman–Crippen LogP) is 1.37. The van der Waals surface area contributed by atoms with E-state index in [-0.39, 0.29) is 6.04 Å². The zero-order valence-electron chi connectivity index (χ0n) is 10.3. The molecule has 0 saturated carbocycles. The first-order chi connectivity index (χ1) is 8.05. The van der Waals surface area contributed by atoms with Crippen LogP contribution in [0.15, 0.2) is 17.3 Å². The highest BCUT2D eigenvalue weighted by molar-refractivity contribution is 7.89. The summed E-state index contributed by atoms with van der Waals surface area (Å²) < 4.78 is 28.1. The molecule has 0 bridgehead atoms. The molecule has 0 radical (unpaired) electrons. The second-order valence-electron chi connectivity index (χ2n) is 4.52. The lowest BCUT2D eigenvalue weighted by molar-refractivity contribution is 0.246. The van der Waals surface area contributed by atoms with Gasteiger partial charge < -0.3 is 0 Å². The molecule has 1 aromatic rings. The third kappa shape index (κ3) is 2.37. The molecule has 0 N–H and O–H groups in total. The van der Waals surface area contributed by atoms with Gasteiger partial charge in [-0.05, 0) is 19.3 Å². The van der Waals surface area contributed by atoms with Crippen molar-refractivity contribution in [2.45, 2.75) is 43.5 Å². The van der Waals surface area contributed by atoms with Gasteiger partial charge in [0.2, 0.25) is 10.0 Å². The van der Waals surface area contributed by atoms with Crippen LogP contribution in [0.25, 0.3) is 0 Å². The molecule has 17 heavy (non-hydrogen) atoms. The van der Waals surface area contributed by atoms with Crippen LogP contribution in [-0.2, 0) is 17.1 Å². The van der Waals surface area contributed by atoms with Crippen LogP contribution in [0.2, 0.25) is 0 Å². The number of aromatic nitrogens is 2. The Labute approximate surface area is 102 Å². The van der Waals surface area contributed by atoms with Crippen molar-refractivity contribution in [2.24, 2.45) is 7.05 Å². The molecule has 1 aliphatic rings. The molecular weight excluding hydrogens is 238 g/mol. The fourth-order valence-electron chi connectivity index (χ4n) is 2.37. The molecule has 2 rings (SSSR count). The molecule has 1 saturated heterocycles. The Kier molecular flexibility index (Phi) is 3.53. The lowest BCUT2D eigenvalue weighted by Crippen LogP contribution is -2.43. The fraction of sp³-hybridized carbons (Fsp3) is 0.727. The van der Waals surface area contributed by atoms with Crippen LogP contribution in [0.5, 0.6) is 0 Å². The summed E-state index contributed by atoms with van der Waals surface area (Å²) in [6, 6.07) is 0.147. The van der Waals surface area contributed by atoms with E-state index in [2.05, 4.69) is 5.10 Å². The number of hydrogen-bond donors (Lipinski definition) is 0. The first kappa shape index (κ1) is 12.6. The van der Waals surface area contributed by atoms with Gasteiger partial charge in [-0.15, -0.1) is 0 Å². The summed E-state index contributed by atoms with van der Waals surface area (Å²) in [4.78, 5) is 0.306. The zero-order valence-corrected chi connectivity index (χ0v) is 11.2. The maximum absolute atomic E-state index is 12.4. The molecule has 1 aromatic heterocycles. The van der Waals surface area contributed by atoms with Gasteiger partial charge in [0.05, 0.1) is 6.20 Å². The third-order valence-electron chi connectivity index (χ3n) is 3.33. The van der Waals surface area contributed by atoms with Gasteiger partial charge >= 0.3 is 0 Å². The molecule has 0 spiro atoms. The largest absolute Gasteiger partial charge is 0.274 e. The Morgan fingerprint density at radius 3 is 2.82 bits per heavy atom. The van der Waals surface area contributed by atoms with Crippen LogP contribution >= 0.6 is 0 Å². The average molecular weight is 257 g/mol. The van der Waals surface area contributed by atoms with Gasteiger partial charge in [-0.2, -0.15) is 9.40 Å². The Morgan fingerprint density at radius 2 is 2.24 bits per heavy atom. The molecule has 5 nitrogen and oxygen atoms in total. The normalized spacial score (nSPS) is 22.8. The van der Waals surface area contributed by atoms with Gasteiger partial charge in [0, 0.05) is 25.8 Å². The Hall–Kier alpha value is -0.880. The van der Waals surface area contributed by atoms with Gasteiger partial charge in [0.1, 0.15) is 4.90 Å². The molecule has 2 heterocycles. The summed E-state index contributed by atoms with van der Waals surface area (Å²) in [7, 11) is -1.62. The minimum absolute atomic E-state index is 0.147. The van der Waals surface area contributed by atoms with E-state index in [0.29, 0.717) is 11.4 Å². The second kappa shape index (κ2) is 4.78. The summed E-state index contributed by atoms with van der Waals surface area (Å²) >= 11 is 0. The van der Waals surface area contributed by atoms with Crippen LogP contribution in [0, 0.1) is 0 Å². The average Bonchev–Trinajstić information content (AvgIpc) is 2.76. The summed E-state index contributed by atoms with van der Waals surface area (Å²) in [6.07, 6.45) is 6.91. The third-order valence-corrected chi connectivity index (χ3v) is 5.24. The van der Waals surface area contributed by atoms with Crippen LogP contribution in [-0.4, -0.2) is 35.1 Å². The van der Waals surface area contributed by atoms with E-state index in [1.165, 1.54) is 10.9 Å². The van der Waals surface area contributed by atoms with Crippen LogP contribution in [0.3, 0.4) is 0 Å². The molecule has 1 aliphatic heterocycles. The fourth-order valence-corrected chi connectivity index (χ4v) is 4.12. The van der Waals surface area contributed by atoms with Gasteiger partial charge in [0.25, 0.3) is 0 Å². The Morgan fingerprint density at radius 1 is 1.47 bits per heavy atom. The van der Waals surface area contributed by atoms with E-state index in [4.69, 9.17) is 0 Å². The topological polar surface area (TPSA) is 55.2 Å². The minimum Gasteiger partial charge on any atom is -0.274 e. The maximum Gasteiger partial charge on any atom is 0.246 e. The van der Waals surface area contributed by atoms with Crippen molar-refractivity contribution >= 4 is 10.0 Å². The van der Waals surface area contributed by atoms with Crippen molar-refractivity contribution < 1.29 is 8.42 Å². The van der Waals surface area contributed by atoms with Crippen molar-refractivity contribution in [1.82, 2.24) is 14.1 Å². The monoisotopic (exact) mass is 257 g/mol. The first-order valence-corrected chi connectivity index (χ1v) is 7.50. The molecule has 0 unspecified atom stereocenters. The van der Waals surface area contributed by atoms with Crippen molar-refractivity contribution in [1.29, 1.82) is 0 Å². The van der Waals surface area contributed by atoms with Crippen molar-refractivity contribution in [3.63, 3.8) is 0 Å². The molecule has 1 atom stereocenters. The predicted molar refractivity (Wildman–Crippen MR) is 65.0 cm³/mol.